The van der Waals surface area contributed by atoms with Gasteiger partial charge < -0.3 is 15.3 Å². The van der Waals surface area contributed by atoms with Crippen LogP contribution in [-0.4, -0.2) is 46.6 Å². The number of hydrogen-bond acceptors (Lipinski definition) is 3. The van der Waals surface area contributed by atoms with Crippen LogP contribution in [-0.2, 0) is 11.2 Å². The van der Waals surface area contributed by atoms with Gasteiger partial charge in [-0.05, 0) is 30.4 Å². The van der Waals surface area contributed by atoms with Crippen LogP contribution < -0.4 is 5.32 Å². The Balaban J connectivity index is 1.81. The second-order valence-corrected chi connectivity index (χ2v) is 5.62. The highest BCUT2D eigenvalue weighted by molar-refractivity contribution is 5.76. The molecule has 2 heterocycles. The lowest BCUT2D eigenvalue weighted by molar-refractivity contribution is -0.143. The van der Waals surface area contributed by atoms with Crippen LogP contribution in [0.4, 0.5) is 4.79 Å². The van der Waals surface area contributed by atoms with E-state index in [-0.39, 0.29) is 11.9 Å². The average Bonchev–Trinajstić information content (AvgIpc) is 2.47. The molecule has 0 saturated carbocycles. The lowest BCUT2D eigenvalue weighted by atomic mass is 9.91. The molecule has 2 rings (SSSR count). The van der Waals surface area contributed by atoms with Gasteiger partial charge in [-0.15, -0.1) is 0 Å². The lowest BCUT2D eigenvalue weighted by Crippen LogP contribution is -2.49. The summed E-state index contributed by atoms with van der Waals surface area (Å²) in [6, 6.07) is 3.64. The van der Waals surface area contributed by atoms with Gasteiger partial charge in [0.1, 0.15) is 0 Å². The van der Waals surface area contributed by atoms with E-state index in [1.165, 1.54) is 0 Å². The summed E-state index contributed by atoms with van der Waals surface area (Å²) in [4.78, 5) is 28.8. The highest BCUT2D eigenvalue weighted by Crippen LogP contribution is 2.21. The number of aliphatic carboxylic acids is 1. The summed E-state index contributed by atoms with van der Waals surface area (Å²) in [5.74, 6) is -1.07. The highest BCUT2D eigenvalue weighted by atomic mass is 16.4. The fraction of sp³-hybridized carbons (Fsp3) is 0.533. The molecule has 2 N–H and O–H groups in total. The topological polar surface area (TPSA) is 82.5 Å². The van der Waals surface area contributed by atoms with Gasteiger partial charge in [0.25, 0.3) is 0 Å². The molecule has 1 aromatic heterocycles. The van der Waals surface area contributed by atoms with E-state index < -0.39 is 11.9 Å². The van der Waals surface area contributed by atoms with Crippen molar-refractivity contribution in [3.63, 3.8) is 0 Å². The second kappa shape index (κ2) is 7.06. The van der Waals surface area contributed by atoms with Gasteiger partial charge in [0, 0.05) is 32.0 Å². The van der Waals surface area contributed by atoms with Gasteiger partial charge in [-0.1, -0.05) is 13.0 Å². The SMILES string of the molecule is CC1CC(C(=O)O)CN(C(=O)NCCc2cccnc2)C1. The van der Waals surface area contributed by atoms with Gasteiger partial charge in [0.2, 0.25) is 0 Å². The predicted molar refractivity (Wildman–Crippen MR) is 77.8 cm³/mol. The molecule has 1 aromatic rings. The Hall–Kier alpha value is -2.11. The van der Waals surface area contributed by atoms with E-state index in [0.29, 0.717) is 32.5 Å². The van der Waals surface area contributed by atoms with Gasteiger partial charge in [0.05, 0.1) is 5.92 Å². The molecule has 1 aliphatic heterocycles. The molecular weight excluding hydrogens is 270 g/mol. The smallest absolute Gasteiger partial charge is 0.317 e. The van der Waals surface area contributed by atoms with Crippen molar-refractivity contribution in [3.05, 3.63) is 30.1 Å². The molecule has 2 atom stereocenters. The van der Waals surface area contributed by atoms with Crippen LogP contribution in [0.15, 0.2) is 24.5 Å². The van der Waals surface area contributed by atoms with Crippen LogP contribution in [0.5, 0.6) is 0 Å². The van der Waals surface area contributed by atoms with Crippen LogP contribution in [0.1, 0.15) is 18.9 Å². The maximum absolute atomic E-state index is 12.1. The molecule has 0 aliphatic carbocycles. The molecule has 21 heavy (non-hydrogen) atoms. The zero-order valence-corrected chi connectivity index (χ0v) is 12.2. The fourth-order valence-electron chi connectivity index (χ4n) is 2.67. The van der Waals surface area contributed by atoms with E-state index in [0.717, 1.165) is 5.56 Å². The van der Waals surface area contributed by atoms with Crippen molar-refractivity contribution in [2.45, 2.75) is 19.8 Å². The number of pyridine rings is 1. The molecule has 6 nitrogen and oxygen atoms in total. The Morgan fingerprint density at radius 1 is 1.48 bits per heavy atom. The minimum absolute atomic E-state index is 0.184. The minimum atomic E-state index is -0.824. The zero-order chi connectivity index (χ0) is 15.2. The minimum Gasteiger partial charge on any atom is -0.481 e. The van der Waals surface area contributed by atoms with Crippen LogP contribution in [0.25, 0.3) is 0 Å². The van der Waals surface area contributed by atoms with E-state index in [1.807, 2.05) is 19.1 Å². The normalized spacial score (nSPS) is 21.9. The lowest BCUT2D eigenvalue weighted by Gasteiger charge is -2.34. The number of carbonyl (C=O) groups excluding carboxylic acids is 1. The van der Waals surface area contributed by atoms with Gasteiger partial charge >= 0.3 is 12.0 Å². The molecule has 114 valence electrons. The quantitative estimate of drug-likeness (QED) is 0.878. The molecule has 0 spiro atoms. The first-order chi connectivity index (χ1) is 10.1. The van der Waals surface area contributed by atoms with Crippen molar-refractivity contribution in [3.8, 4) is 0 Å². The number of aromatic nitrogens is 1. The van der Waals surface area contributed by atoms with Crippen molar-refractivity contribution in [1.29, 1.82) is 0 Å². The first-order valence-electron chi connectivity index (χ1n) is 7.20. The second-order valence-electron chi connectivity index (χ2n) is 5.62. The number of piperidine rings is 1. The number of hydrogen-bond donors (Lipinski definition) is 2. The fourth-order valence-corrected chi connectivity index (χ4v) is 2.67. The Bertz CT molecular complexity index is 492. The number of carboxylic acid groups (broad SMARTS) is 1. The van der Waals surface area contributed by atoms with Crippen molar-refractivity contribution in [2.24, 2.45) is 11.8 Å². The summed E-state index contributed by atoms with van der Waals surface area (Å²) in [6.45, 7) is 3.40. The average molecular weight is 291 g/mol. The third kappa shape index (κ3) is 4.44. The molecule has 2 amide bonds. The molecule has 0 bridgehead atoms. The van der Waals surface area contributed by atoms with E-state index in [1.54, 1.807) is 17.3 Å². The van der Waals surface area contributed by atoms with Crippen molar-refractivity contribution >= 4 is 12.0 Å². The molecule has 2 unspecified atom stereocenters. The molecule has 6 heteroatoms. The zero-order valence-electron chi connectivity index (χ0n) is 12.2. The van der Waals surface area contributed by atoms with Crippen LogP contribution in [0.2, 0.25) is 0 Å². The third-order valence-electron chi connectivity index (χ3n) is 3.71. The first kappa shape index (κ1) is 15.3. The third-order valence-corrected chi connectivity index (χ3v) is 3.71. The Labute approximate surface area is 124 Å². The van der Waals surface area contributed by atoms with Crippen molar-refractivity contribution in [1.82, 2.24) is 15.2 Å². The number of carbonyl (C=O) groups is 2. The van der Waals surface area contributed by atoms with Crippen LogP contribution in [0.3, 0.4) is 0 Å². The summed E-state index contributed by atoms with van der Waals surface area (Å²) >= 11 is 0. The van der Waals surface area contributed by atoms with Gasteiger partial charge in [0.15, 0.2) is 0 Å². The van der Waals surface area contributed by atoms with E-state index in [9.17, 15) is 9.59 Å². The molecule has 1 fully saturated rings. The Morgan fingerprint density at radius 3 is 2.95 bits per heavy atom. The molecule has 0 aromatic carbocycles. The summed E-state index contributed by atoms with van der Waals surface area (Å²) in [6.07, 6.45) is 4.83. The van der Waals surface area contributed by atoms with E-state index in [2.05, 4.69) is 10.3 Å². The Morgan fingerprint density at radius 2 is 2.29 bits per heavy atom. The van der Waals surface area contributed by atoms with Crippen LogP contribution >= 0.6 is 0 Å². The largest absolute Gasteiger partial charge is 0.481 e. The summed E-state index contributed by atoms with van der Waals surface area (Å²) in [5.41, 5.74) is 1.06. The summed E-state index contributed by atoms with van der Waals surface area (Å²) < 4.78 is 0. The van der Waals surface area contributed by atoms with E-state index in [4.69, 9.17) is 5.11 Å². The van der Waals surface area contributed by atoms with Crippen molar-refractivity contribution < 1.29 is 14.7 Å². The Kier molecular flexibility index (Phi) is 5.14. The maximum Gasteiger partial charge on any atom is 0.317 e. The monoisotopic (exact) mass is 291 g/mol. The van der Waals surface area contributed by atoms with Crippen molar-refractivity contribution in [2.75, 3.05) is 19.6 Å². The van der Waals surface area contributed by atoms with Crippen LogP contribution in [0, 0.1) is 11.8 Å². The number of nitrogens with one attached hydrogen (secondary N) is 1. The molecular formula is C15H21N3O3. The number of urea groups is 1. The van der Waals surface area contributed by atoms with E-state index >= 15 is 0 Å². The number of nitrogens with zero attached hydrogens (tertiary/aromatic N) is 2. The van der Waals surface area contributed by atoms with Gasteiger partial charge in [-0.25, -0.2) is 4.79 Å². The standard InChI is InChI=1S/C15H21N3O3/c1-11-7-13(14(19)20)10-18(9-11)15(21)17-6-4-12-3-2-5-16-8-12/h2-3,5,8,11,13H,4,6-7,9-10H2,1H3,(H,17,21)(H,19,20). The molecule has 0 radical (unpaired) electrons. The number of likely N-dealkylation sites (tertiary alicyclic amines) is 1. The highest BCUT2D eigenvalue weighted by Gasteiger charge is 2.31. The number of amides is 2. The molecule has 1 saturated heterocycles. The number of carboxylic acids is 1. The number of rotatable bonds is 4. The first-order valence-corrected chi connectivity index (χ1v) is 7.20. The summed E-state index contributed by atoms with van der Waals surface area (Å²) in [7, 11) is 0. The van der Waals surface area contributed by atoms with Gasteiger partial charge in [-0.3, -0.25) is 9.78 Å². The predicted octanol–water partition coefficient (Wildman–Crippen LogP) is 1.38. The van der Waals surface area contributed by atoms with Gasteiger partial charge in [-0.2, -0.15) is 0 Å². The summed E-state index contributed by atoms with van der Waals surface area (Å²) in [5, 5.41) is 12.0. The maximum atomic E-state index is 12.1. The molecule has 1 aliphatic rings.